The highest BCUT2D eigenvalue weighted by Gasteiger charge is 2.32. The fraction of sp³-hybridized carbons (Fsp3) is 0.438. The molecule has 6 aromatic heterocycles. The fourth-order valence-corrected chi connectivity index (χ4v) is 14.2. The van der Waals surface area contributed by atoms with E-state index in [9.17, 15) is 43.2 Å². The second-order valence-corrected chi connectivity index (χ2v) is 24.0. The highest BCUT2D eigenvalue weighted by Crippen LogP contribution is 2.32. The van der Waals surface area contributed by atoms with Crippen LogP contribution >= 0.6 is 68.0 Å². The number of nitrogens with zero attached hydrogens (tertiary/aromatic N) is 6. The van der Waals surface area contributed by atoms with Gasteiger partial charge in [-0.3, -0.25) is 43.2 Å². The largest absolute Gasteiger partial charge is 0.356 e. The molecule has 0 fully saturated rings. The predicted octanol–water partition coefficient (Wildman–Crippen LogP) is 4.64. The number of thiazole rings is 6. The molecule has 18 bridgehead atoms. The number of hydrogen-bond acceptors (Lipinski definition) is 21. The van der Waals surface area contributed by atoms with Crippen LogP contribution in [0.5, 0.6) is 0 Å². The summed E-state index contributed by atoms with van der Waals surface area (Å²) in [6.45, 7) is 0.554. The Morgan fingerprint density at radius 3 is 0.692 bits per heavy atom. The third-order valence-corrected chi connectivity index (χ3v) is 18.9. The number of hydrogen-bond donors (Lipinski definition) is 9. The van der Waals surface area contributed by atoms with Crippen LogP contribution in [0.4, 0.5) is 0 Å². The van der Waals surface area contributed by atoms with Crippen molar-refractivity contribution >= 4 is 121 Å². The summed E-state index contributed by atoms with van der Waals surface area (Å²) in [6.07, 6.45) is 1.86. The van der Waals surface area contributed by atoms with Gasteiger partial charge in [-0.15, -0.1) is 68.0 Å². The number of nitrogens with one attached hydrogen (secondary N) is 9. The maximum atomic E-state index is 14.1. The van der Waals surface area contributed by atoms with Crippen molar-refractivity contribution in [3.8, 4) is 0 Å². The van der Waals surface area contributed by atoms with Crippen LogP contribution in [0.2, 0.25) is 0 Å². The Hall–Kier alpha value is -6.99. The van der Waals surface area contributed by atoms with Crippen LogP contribution in [0.25, 0.3) is 0 Å². The lowest BCUT2D eigenvalue weighted by Gasteiger charge is -2.19. The minimum absolute atomic E-state index is 0.0112. The monoisotopic (exact) mass is 1170 g/mol. The lowest BCUT2D eigenvalue weighted by Crippen LogP contribution is -2.34. The number of carbonyl (C=O) groups is 9. The molecule has 6 aromatic rings. The molecule has 0 unspecified atom stereocenters. The number of carbonyl (C=O) groups excluding carboxylic acids is 9. The van der Waals surface area contributed by atoms with Crippen molar-refractivity contribution in [2.24, 2.45) is 0 Å². The third-order valence-electron chi connectivity index (χ3n) is 13.1. The average molecular weight is 1170 g/mol. The Balaban J connectivity index is 1.05. The van der Waals surface area contributed by atoms with Crippen molar-refractivity contribution in [1.29, 1.82) is 0 Å². The molecule has 11 rings (SSSR count). The zero-order valence-electron chi connectivity index (χ0n) is 41.3. The molecule has 5 aliphatic heterocycles. The van der Waals surface area contributed by atoms with E-state index in [2.05, 4.69) is 77.8 Å². The molecule has 0 aliphatic carbocycles. The van der Waals surface area contributed by atoms with E-state index in [1.807, 2.05) is 0 Å². The van der Waals surface area contributed by atoms with Crippen LogP contribution in [-0.4, -0.2) is 103 Å². The van der Waals surface area contributed by atoms with Gasteiger partial charge in [0.15, 0.2) is 0 Å². The molecule has 0 radical (unpaired) electrons. The van der Waals surface area contributed by atoms with Crippen LogP contribution in [-0.2, 0) is 14.4 Å². The summed E-state index contributed by atoms with van der Waals surface area (Å²) in [7, 11) is 0. The summed E-state index contributed by atoms with van der Waals surface area (Å²) >= 11 is 6.86. The standard InChI is InChI=1S/C48H51N15O9S6/c64-34-10-7-25-46-61-32(19-76-46)41(71)56-27-9-12-35(65)50-14-2-5-23-44-59-28(17-74-44)37(67)52-22(4-1-13-49-34)43-58-29(16-73-43)38(68)53-24(45-60-30(18-75-45)39(69)54-23)6-3-15-51-36(66)11-8-26(47-62-31(20-77-47)40(70)55-25)57-42(72)33-21-78-48(27)63-33/h16-27H,1-15H2,(H,49,64)(H,50,65)(H,51,66)(H,52,67)(H,53,68)(H,54,69)(H,55,70)(H,56,71)(H,57,72)/t22-,23-,24-,25-,26-,27-/m0/s1. The average Bonchev–Trinajstić information content (AvgIpc) is 4.31. The molecule has 78 heavy (non-hydrogen) atoms. The van der Waals surface area contributed by atoms with Gasteiger partial charge in [0.25, 0.3) is 35.4 Å². The van der Waals surface area contributed by atoms with E-state index in [1.54, 1.807) is 16.1 Å². The second kappa shape index (κ2) is 24.8. The summed E-state index contributed by atoms with van der Waals surface area (Å²) in [6, 6.07) is -4.80. The van der Waals surface area contributed by atoms with Gasteiger partial charge < -0.3 is 47.9 Å². The number of amides is 9. The van der Waals surface area contributed by atoms with Gasteiger partial charge >= 0.3 is 0 Å². The summed E-state index contributed by atoms with van der Waals surface area (Å²) in [4.78, 5) is 153. The summed E-state index contributed by atoms with van der Waals surface area (Å²) in [5.41, 5.74) is 0.275. The normalized spacial score (nSPS) is 23.8. The Morgan fingerprint density at radius 1 is 0.295 bits per heavy atom. The van der Waals surface area contributed by atoms with Crippen molar-refractivity contribution in [1.82, 2.24) is 77.8 Å². The summed E-state index contributed by atoms with van der Waals surface area (Å²) in [5.74, 6) is -4.47. The van der Waals surface area contributed by atoms with E-state index < -0.39 is 71.7 Å². The molecule has 0 aromatic carbocycles. The van der Waals surface area contributed by atoms with Gasteiger partial charge in [-0.05, 0) is 57.8 Å². The lowest BCUT2D eigenvalue weighted by molar-refractivity contribution is -0.122. The molecule has 5 aliphatic rings. The number of rotatable bonds is 0. The minimum atomic E-state index is -0.872. The van der Waals surface area contributed by atoms with Crippen LogP contribution < -0.4 is 47.9 Å². The quantitative estimate of drug-likeness (QED) is 0.100. The molecule has 0 saturated heterocycles. The Kier molecular flexibility index (Phi) is 17.3. The molecule has 408 valence electrons. The Labute approximate surface area is 468 Å². The maximum absolute atomic E-state index is 14.1. The zero-order chi connectivity index (χ0) is 54.3. The molecule has 11 heterocycles. The first-order valence-electron chi connectivity index (χ1n) is 25.2. The van der Waals surface area contributed by atoms with Crippen LogP contribution in [0, 0.1) is 0 Å². The van der Waals surface area contributed by atoms with Crippen molar-refractivity contribution in [2.45, 2.75) is 113 Å². The molecule has 24 nitrogen and oxygen atoms in total. The molecule has 0 spiro atoms. The fourth-order valence-electron chi connectivity index (χ4n) is 8.94. The van der Waals surface area contributed by atoms with Gasteiger partial charge in [0, 0.05) is 71.2 Å². The van der Waals surface area contributed by atoms with Crippen molar-refractivity contribution in [3.05, 3.63) is 96.5 Å². The van der Waals surface area contributed by atoms with Crippen molar-refractivity contribution < 1.29 is 43.2 Å². The molecule has 9 N–H and O–H groups in total. The number of fused-ring (bicyclic) bond motifs is 24. The van der Waals surface area contributed by atoms with Crippen LogP contribution in [0.1, 0.15) is 206 Å². The Bertz CT molecular complexity index is 2920. The van der Waals surface area contributed by atoms with E-state index in [1.165, 1.54) is 50.2 Å². The van der Waals surface area contributed by atoms with Gasteiger partial charge in [0.05, 0.1) is 36.3 Å². The van der Waals surface area contributed by atoms with Crippen LogP contribution in [0.15, 0.2) is 32.3 Å². The van der Waals surface area contributed by atoms with Gasteiger partial charge in [-0.1, -0.05) is 0 Å². The molecule has 9 amide bonds. The lowest BCUT2D eigenvalue weighted by atomic mass is 10.1. The molecule has 0 saturated carbocycles. The molecule has 6 atom stereocenters. The summed E-state index contributed by atoms with van der Waals surface area (Å²) in [5, 5.41) is 38.4. The minimum Gasteiger partial charge on any atom is -0.356 e. The SMILES string of the molecule is O=C1CC[C@@H]2NC(=O)c3csc(n3)[C@@H]3CCC(=O)NCCC[C@@H]4NC(=O)c5csc(n5)[C@H](CCCN1)NC(=O)c1csc(n1)[C@H](CCCNC(=O)CC[C@H](NC(=O)c1csc2n1)c1nc(cs1)C(=O)N3)NC(=O)c1csc4n1. The number of aromatic nitrogens is 6. The van der Waals surface area contributed by atoms with E-state index in [-0.39, 0.29) is 129 Å². The zero-order valence-corrected chi connectivity index (χ0v) is 46.2. The van der Waals surface area contributed by atoms with Crippen LogP contribution in [0.3, 0.4) is 0 Å². The molecular formula is C48H51N15O9S6. The first kappa shape index (κ1) is 54.4. The second-order valence-electron chi connectivity index (χ2n) is 18.7. The highest BCUT2D eigenvalue weighted by atomic mass is 32.1. The van der Waals surface area contributed by atoms with Crippen molar-refractivity contribution in [3.63, 3.8) is 0 Å². The van der Waals surface area contributed by atoms with Gasteiger partial charge in [-0.25, -0.2) is 29.9 Å². The topological polar surface area (TPSA) is 339 Å². The van der Waals surface area contributed by atoms with Gasteiger partial charge in [0.1, 0.15) is 64.2 Å². The van der Waals surface area contributed by atoms with Crippen molar-refractivity contribution in [2.75, 3.05) is 19.6 Å². The van der Waals surface area contributed by atoms with E-state index in [0.29, 0.717) is 49.3 Å². The highest BCUT2D eigenvalue weighted by molar-refractivity contribution is 7.11. The van der Waals surface area contributed by atoms with E-state index in [0.717, 1.165) is 34.0 Å². The van der Waals surface area contributed by atoms with E-state index in [4.69, 9.17) is 0 Å². The first-order chi connectivity index (χ1) is 37.8. The third kappa shape index (κ3) is 13.3. The summed E-state index contributed by atoms with van der Waals surface area (Å²) < 4.78 is 0. The first-order valence-corrected chi connectivity index (χ1v) is 30.5. The Morgan fingerprint density at radius 2 is 0.487 bits per heavy atom. The van der Waals surface area contributed by atoms with Gasteiger partial charge in [0.2, 0.25) is 17.7 Å². The predicted molar refractivity (Wildman–Crippen MR) is 288 cm³/mol. The smallest absolute Gasteiger partial charge is 0.271 e. The molecule has 30 heteroatoms. The maximum Gasteiger partial charge on any atom is 0.271 e. The molecular weight excluding hydrogens is 1120 g/mol. The van der Waals surface area contributed by atoms with E-state index >= 15 is 0 Å². The van der Waals surface area contributed by atoms with Gasteiger partial charge in [-0.2, -0.15) is 0 Å².